The number of nitrogens with zero attached hydrogens (tertiary/aromatic N) is 5. The van der Waals surface area contributed by atoms with Crippen molar-refractivity contribution >= 4 is 63.9 Å². The average Bonchev–Trinajstić information content (AvgIpc) is 3.99. The second-order valence-corrected chi connectivity index (χ2v) is 20.8. The van der Waals surface area contributed by atoms with Gasteiger partial charge in [-0.1, -0.05) is 56.6 Å². The Bertz CT molecular complexity index is 2540. The van der Waals surface area contributed by atoms with Crippen molar-refractivity contribution < 1.29 is 38.2 Å². The first-order chi connectivity index (χ1) is 31.9. The van der Waals surface area contributed by atoms with Crippen LogP contribution < -0.4 is 25.2 Å². The standard InChI is InChI=1S/C50H56ClN7O8S/c1-48(2,3)43(45(62)56-25-37(59)17-40(56)44(61)54-23-30-6-8-33(9-7-30)41-24-53-29-66-41)55-42(60)28-64-26-31-18-50(19-31)20-32(21-50)27-65-38-14-12-35(13-15-38)58-47(67)57(46(63)49(58,4)5)36-11-10-34(22-52)39(51)16-36/h6-16,24,29,31-32,37,40,43,59H,17-21,23,25-28H2,1-5H3,(H,54,61)(H,55,60)/t31?,32?,37-,40+,43-,50?/m1/s1. The lowest BCUT2D eigenvalue weighted by atomic mass is 9.48. The Morgan fingerprint density at radius 3 is 2.31 bits per heavy atom. The van der Waals surface area contributed by atoms with Crippen molar-refractivity contribution in [3.63, 3.8) is 0 Å². The van der Waals surface area contributed by atoms with Gasteiger partial charge in [-0.15, -0.1) is 0 Å². The Balaban J connectivity index is 0.750. The summed E-state index contributed by atoms with van der Waals surface area (Å²) >= 11 is 12.1. The van der Waals surface area contributed by atoms with Crippen LogP contribution in [0, 0.1) is 34.0 Å². The van der Waals surface area contributed by atoms with Crippen molar-refractivity contribution in [2.24, 2.45) is 22.7 Å². The first-order valence-corrected chi connectivity index (χ1v) is 23.4. The third-order valence-electron chi connectivity index (χ3n) is 13.5. The van der Waals surface area contributed by atoms with Gasteiger partial charge in [-0.3, -0.25) is 24.1 Å². The number of hydrogen-bond donors (Lipinski definition) is 3. The smallest absolute Gasteiger partial charge is 0.259 e. The number of aromatic nitrogens is 1. The number of aliphatic hydroxyl groups is 1. The molecule has 2 saturated carbocycles. The SMILES string of the molecule is CC(C)(C)[C@H](NC(=O)COCC1CC2(C1)CC(COc1ccc(N3C(=S)N(c4ccc(C#N)c(Cl)c4)C(=O)C3(C)C)cc1)C2)C(=O)N1C[C@H](O)C[C@H]1C(=O)NCc1ccc(-c2cnco2)cc1. The van der Waals surface area contributed by atoms with Gasteiger partial charge in [-0.2, -0.15) is 5.26 Å². The van der Waals surface area contributed by atoms with E-state index < -0.39 is 41.0 Å². The van der Waals surface area contributed by atoms with Gasteiger partial charge in [0.25, 0.3) is 5.91 Å². The molecule has 4 aliphatic rings. The minimum atomic E-state index is -0.962. The number of nitrogens with one attached hydrogen (secondary N) is 2. The zero-order valence-corrected chi connectivity index (χ0v) is 39.9. The Kier molecular flexibility index (Phi) is 13.5. The van der Waals surface area contributed by atoms with E-state index in [0.717, 1.165) is 48.2 Å². The summed E-state index contributed by atoms with van der Waals surface area (Å²) in [7, 11) is 0. The number of benzene rings is 3. The van der Waals surface area contributed by atoms with Gasteiger partial charge in [-0.25, -0.2) is 4.98 Å². The predicted octanol–water partition coefficient (Wildman–Crippen LogP) is 6.79. The topological polar surface area (TPSA) is 191 Å². The number of likely N-dealkylation sites (tertiary alicyclic amines) is 1. The molecule has 0 unspecified atom stereocenters. The zero-order chi connectivity index (χ0) is 47.8. The maximum absolute atomic E-state index is 14.0. The Morgan fingerprint density at radius 2 is 1.69 bits per heavy atom. The highest BCUT2D eigenvalue weighted by molar-refractivity contribution is 7.81. The van der Waals surface area contributed by atoms with E-state index in [0.29, 0.717) is 47.2 Å². The first kappa shape index (κ1) is 47.6. The van der Waals surface area contributed by atoms with Crippen molar-refractivity contribution in [3.8, 4) is 23.1 Å². The van der Waals surface area contributed by atoms with Crippen LogP contribution in [-0.4, -0.2) is 93.8 Å². The average molecular weight is 951 g/mol. The predicted molar refractivity (Wildman–Crippen MR) is 255 cm³/mol. The molecule has 2 saturated heterocycles. The molecular weight excluding hydrogens is 894 g/mol. The highest BCUT2D eigenvalue weighted by Gasteiger charge is 2.53. The van der Waals surface area contributed by atoms with Crippen LogP contribution in [0.3, 0.4) is 0 Å². The molecule has 1 spiro atoms. The summed E-state index contributed by atoms with van der Waals surface area (Å²) in [5.74, 6) is 0.713. The van der Waals surface area contributed by atoms with Crippen LogP contribution >= 0.6 is 23.8 Å². The molecule has 67 heavy (non-hydrogen) atoms. The molecule has 1 aromatic heterocycles. The van der Waals surface area contributed by atoms with E-state index in [-0.39, 0.29) is 48.4 Å². The maximum atomic E-state index is 14.0. The van der Waals surface area contributed by atoms with Gasteiger partial charge in [0.05, 0.1) is 41.8 Å². The molecule has 4 amide bonds. The summed E-state index contributed by atoms with van der Waals surface area (Å²) in [5, 5.41) is 26.2. The normalized spacial score (nSPS) is 23.6. The first-order valence-electron chi connectivity index (χ1n) is 22.6. The maximum Gasteiger partial charge on any atom is 0.259 e. The lowest BCUT2D eigenvalue weighted by molar-refractivity contribution is -0.145. The van der Waals surface area contributed by atoms with E-state index in [1.807, 2.05) is 94.1 Å². The van der Waals surface area contributed by atoms with Crippen LogP contribution in [0.2, 0.25) is 5.02 Å². The van der Waals surface area contributed by atoms with E-state index in [9.17, 15) is 29.5 Å². The number of hydrogen-bond acceptors (Lipinski definition) is 11. The van der Waals surface area contributed by atoms with Crippen LogP contribution in [0.25, 0.3) is 11.3 Å². The third-order valence-corrected chi connectivity index (χ3v) is 14.2. The molecule has 2 aliphatic carbocycles. The Morgan fingerprint density at radius 1 is 1.01 bits per heavy atom. The van der Waals surface area contributed by atoms with E-state index in [4.69, 9.17) is 37.7 Å². The minimum absolute atomic E-state index is 0.0120. The number of oxazole rings is 1. The lowest BCUT2D eigenvalue weighted by Gasteiger charge is -2.57. The second kappa shape index (κ2) is 19.0. The van der Waals surface area contributed by atoms with Crippen LogP contribution in [0.1, 0.15) is 77.8 Å². The molecule has 0 radical (unpaired) electrons. The van der Waals surface area contributed by atoms with Gasteiger partial charge in [0.1, 0.15) is 36.0 Å². The molecule has 8 rings (SSSR count). The molecular formula is C50H56ClN7O8S. The number of nitriles is 1. The molecule has 0 bridgehead atoms. The number of aliphatic hydroxyl groups excluding tert-OH is 1. The number of thiocarbonyl (C=S) groups is 1. The molecule has 2 aliphatic heterocycles. The van der Waals surface area contributed by atoms with E-state index >= 15 is 0 Å². The minimum Gasteiger partial charge on any atom is -0.493 e. The van der Waals surface area contributed by atoms with E-state index in [1.165, 1.54) is 16.2 Å². The highest BCUT2D eigenvalue weighted by Crippen LogP contribution is 2.61. The monoisotopic (exact) mass is 949 g/mol. The van der Waals surface area contributed by atoms with Crippen molar-refractivity contribution in [2.45, 2.75) is 97.0 Å². The van der Waals surface area contributed by atoms with Gasteiger partial charge >= 0.3 is 0 Å². The lowest BCUT2D eigenvalue weighted by Crippen LogP contribution is -2.58. The van der Waals surface area contributed by atoms with Crippen LogP contribution in [0.5, 0.6) is 5.75 Å². The van der Waals surface area contributed by atoms with Gasteiger partial charge in [0.15, 0.2) is 17.3 Å². The Hall–Kier alpha value is -5.86. The third kappa shape index (κ3) is 10.1. The summed E-state index contributed by atoms with van der Waals surface area (Å²) in [4.78, 5) is 62.8. The summed E-state index contributed by atoms with van der Waals surface area (Å²) in [6, 6.07) is 20.1. The highest BCUT2D eigenvalue weighted by atomic mass is 35.5. The van der Waals surface area contributed by atoms with Crippen molar-refractivity contribution in [1.82, 2.24) is 20.5 Å². The number of carbonyl (C=O) groups is 4. The fourth-order valence-electron chi connectivity index (χ4n) is 10.1. The van der Waals surface area contributed by atoms with E-state index in [1.54, 1.807) is 24.4 Å². The number of β-amino-alcohol motifs (C(OH)–C–C–N with tert-alkyl or cyclic N) is 1. The molecule has 4 fully saturated rings. The summed E-state index contributed by atoms with van der Waals surface area (Å²) in [6.45, 7) is 10.3. The summed E-state index contributed by atoms with van der Waals surface area (Å²) in [5.41, 5.74) is 1.90. The molecule has 4 aromatic rings. The van der Waals surface area contributed by atoms with Gasteiger partial charge in [-0.05, 0) is 122 Å². The van der Waals surface area contributed by atoms with Crippen molar-refractivity contribution in [2.75, 3.05) is 36.2 Å². The largest absolute Gasteiger partial charge is 0.493 e. The molecule has 3 N–H and O–H groups in total. The molecule has 352 valence electrons. The zero-order valence-electron chi connectivity index (χ0n) is 38.3. The number of ether oxygens (including phenoxy) is 2. The molecule has 15 nitrogen and oxygen atoms in total. The van der Waals surface area contributed by atoms with Crippen molar-refractivity contribution in [1.29, 1.82) is 5.26 Å². The molecule has 3 aromatic carbocycles. The number of carbonyl (C=O) groups excluding carboxylic acids is 4. The fourth-order valence-corrected chi connectivity index (χ4v) is 10.8. The van der Waals surface area contributed by atoms with Crippen molar-refractivity contribution in [3.05, 3.63) is 95.5 Å². The van der Waals surface area contributed by atoms with E-state index in [2.05, 4.69) is 15.6 Å². The number of rotatable bonds is 15. The molecule has 3 atom stereocenters. The summed E-state index contributed by atoms with van der Waals surface area (Å²) in [6.07, 6.45) is 6.38. The number of anilines is 2. The van der Waals surface area contributed by atoms with Crippen LogP contribution in [0.4, 0.5) is 11.4 Å². The number of amides is 4. The summed E-state index contributed by atoms with van der Waals surface area (Å²) < 4.78 is 17.4. The molecule has 17 heteroatoms. The van der Waals surface area contributed by atoms with Crippen LogP contribution in [-0.2, 0) is 30.5 Å². The number of halogens is 1. The van der Waals surface area contributed by atoms with Gasteiger partial charge in [0.2, 0.25) is 17.7 Å². The van der Waals surface area contributed by atoms with Gasteiger partial charge in [0, 0.05) is 30.8 Å². The second-order valence-electron chi connectivity index (χ2n) is 20.0. The molecule has 3 heterocycles. The quantitative estimate of drug-likeness (QED) is 0.106. The van der Waals surface area contributed by atoms with Crippen LogP contribution in [0.15, 0.2) is 83.7 Å². The van der Waals surface area contributed by atoms with Gasteiger partial charge < -0.3 is 39.4 Å². The Labute approximate surface area is 400 Å². The fraction of sp³-hybridized carbons (Fsp3) is 0.460.